The highest BCUT2D eigenvalue weighted by Crippen LogP contribution is 2.26. The third-order valence-corrected chi connectivity index (χ3v) is 5.66. The molecule has 0 aliphatic carbocycles. The highest BCUT2D eigenvalue weighted by molar-refractivity contribution is 6.15. The molecule has 2 aliphatic heterocycles. The first kappa shape index (κ1) is 19.9. The van der Waals surface area contributed by atoms with Crippen LogP contribution in [0, 0.1) is 6.92 Å². The van der Waals surface area contributed by atoms with Gasteiger partial charge in [0.15, 0.2) is 0 Å². The van der Waals surface area contributed by atoms with Gasteiger partial charge in [0.1, 0.15) is 18.4 Å². The molecule has 0 N–H and O–H groups in total. The lowest BCUT2D eigenvalue weighted by atomic mass is 10.2. The van der Waals surface area contributed by atoms with Gasteiger partial charge in [0, 0.05) is 38.1 Å². The van der Waals surface area contributed by atoms with Crippen molar-refractivity contribution < 1.29 is 14.4 Å². The standard InChI is InChI=1S/C22H25N5O3/c1-16-6-8-18(9-7-16)27-17(2)21(29)26(22(27)30)15-20(28)25-13-11-24(12-14-25)19-5-3-4-10-23-19/h3-10,17H,11-15H2,1-2H3/t17-/m1/s1. The van der Waals surface area contributed by atoms with Gasteiger partial charge in [0.25, 0.3) is 5.91 Å². The van der Waals surface area contributed by atoms with Crippen molar-refractivity contribution in [1.29, 1.82) is 0 Å². The van der Waals surface area contributed by atoms with Gasteiger partial charge >= 0.3 is 6.03 Å². The first-order valence-electron chi connectivity index (χ1n) is 10.1. The van der Waals surface area contributed by atoms with Crippen LogP contribution in [0.25, 0.3) is 0 Å². The second-order valence-corrected chi connectivity index (χ2v) is 7.64. The van der Waals surface area contributed by atoms with Crippen molar-refractivity contribution in [2.45, 2.75) is 19.9 Å². The largest absolute Gasteiger partial charge is 0.353 e. The lowest BCUT2D eigenvalue weighted by molar-refractivity contribution is -0.137. The SMILES string of the molecule is Cc1ccc(N2C(=O)N(CC(=O)N3CCN(c4ccccn4)CC3)C(=O)[C@H]2C)cc1. The molecule has 4 rings (SSSR count). The summed E-state index contributed by atoms with van der Waals surface area (Å²) in [6.45, 7) is 5.81. The Morgan fingerprint density at radius 1 is 1.03 bits per heavy atom. The fourth-order valence-corrected chi connectivity index (χ4v) is 3.87. The summed E-state index contributed by atoms with van der Waals surface area (Å²) < 4.78 is 0. The van der Waals surface area contributed by atoms with E-state index >= 15 is 0 Å². The van der Waals surface area contributed by atoms with Crippen LogP contribution in [0.2, 0.25) is 0 Å². The minimum Gasteiger partial charge on any atom is -0.353 e. The van der Waals surface area contributed by atoms with Crippen LogP contribution in [-0.2, 0) is 9.59 Å². The van der Waals surface area contributed by atoms with E-state index in [0.29, 0.717) is 31.9 Å². The molecule has 0 unspecified atom stereocenters. The predicted molar refractivity (Wildman–Crippen MR) is 113 cm³/mol. The summed E-state index contributed by atoms with van der Waals surface area (Å²) in [5, 5.41) is 0. The number of amides is 4. The minimum atomic E-state index is -0.631. The van der Waals surface area contributed by atoms with E-state index in [-0.39, 0.29) is 18.4 Å². The molecule has 30 heavy (non-hydrogen) atoms. The van der Waals surface area contributed by atoms with Gasteiger partial charge in [-0.2, -0.15) is 0 Å². The Labute approximate surface area is 175 Å². The number of carbonyl (C=O) groups excluding carboxylic acids is 3. The van der Waals surface area contributed by atoms with E-state index in [1.807, 2.05) is 49.4 Å². The average molecular weight is 407 g/mol. The normalized spacial score (nSPS) is 19.6. The molecule has 2 fully saturated rings. The van der Waals surface area contributed by atoms with Crippen LogP contribution in [0.15, 0.2) is 48.7 Å². The molecule has 8 nitrogen and oxygen atoms in total. The molecule has 2 aromatic rings. The molecule has 1 atom stereocenters. The van der Waals surface area contributed by atoms with Gasteiger partial charge in [-0.15, -0.1) is 0 Å². The van der Waals surface area contributed by atoms with Crippen molar-refractivity contribution in [3.05, 3.63) is 54.2 Å². The van der Waals surface area contributed by atoms with Crippen LogP contribution in [0.1, 0.15) is 12.5 Å². The van der Waals surface area contributed by atoms with E-state index in [2.05, 4.69) is 9.88 Å². The maximum absolute atomic E-state index is 12.9. The molecule has 156 valence electrons. The van der Waals surface area contributed by atoms with E-state index in [0.717, 1.165) is 16.3 Å². The van der Waals surface area contributed by atoms with Crippen molar-refractivity contribution in [3.8, 4) is 0 Å². The van der Waals surface area contributed by atoms with Gasteiger partial charge < -0.3 is 9.80 Å². The highest BCUT2D eigenvalue weighted by atomic mass is 16.2. The smallest absolute Gasteiger partial charge is 0.332 e. The molecule has 8 heteroatoms. The molecule has 0 saturated carbocycles. The van der Waals surface area contributed by atoms with Gasteiger partial charge in [-0.3, -0.25) is 19.4 Å². The third-order valence-electron chi connectivity index (χ3n) is 5.66. The molecular weight excluding hydrogens is 382 g/mol. The molecule has 4 amide bonds. The van der Waals surface area contributed by atoms with Crippen LogP contribution >= 0.6 is 0 Å². The number of anilines is 2. The fourth-order valence-electron chi connectivity index (χ4n) is 3.87. The van der Waals surface area contributed by atoms with Gasteiger partial charge in [-0.1, -0.05) is 23.8 Å². The summed E-state index contributed by atoms with van der Waals surface area (Å²) in [4.78, 5) is 49.1. The Morgan fingerprint density at radius 2 is 1.73 bits per heavy atom. The minimum absolute atomic E-state index is 0.213. The van der Waals surface area contributed by atoms with Crippen LogP contribution < -0.4 is 9.80 Å². The van der Waals surface area contributed by atoms with Crippen LogP contribution in [-0.4, -0.2) is 71.4 Å². The van der Waals surface area contributed by atoms with E-state index in [1.165, 1.54) is 4.90 Å². The Hall–Kier alpha value is -3.42. The van der Waals surface area contributed by atoms with Crippen molar-refractivity contribution in [2.24, 2.45) is 0 Å². The van der Waals surface area contributed by atoms with Crippen LogP contribution in [0.4, 0.5) is 16.3 Å². The second-order valence-electron chi connectivity index (χ2n) is 7.64. The van der Waals surface area contributed by atoms with E-state index in [1.54, 1.807) is 18.0 Å². The van der Waals surface area contributed by atoms with Gasteiger partial charge in [-0.25, -0.2) is 9.78 Å². The van der Waals surface area contributed by atoms with E-state index in [4.69, 9.17) is 0 Å². The molecule has 0 spiro atoms. The maximum atomic E-state index is 12.9. The fraction of sp³-hybridized carbons (Fsp3) is 0.364. The Bertz CT molecular complexity index is 939. The predicted octanol–water partition coefficient (Wildman–Crippen LogP) is 1.90. The lowest BCUT2D eigenvalue weighted by Gasteiger charge is -2.35. The van der Waals surface area contributed by atoms with Crippen molar-refractivity contribution in [3.63, 3.8) is 0 Å². The number of aryl methyl sites for hydroxylation is 1. The summed E-state index contributed by atoms with van der Waals surface area (Å²) in [6, 6.07) is 12.1. The number of benzene rings is 1. The number of rotatable bonds is 4. The molecule has 0 bridgehead atoms. The Balaban J connectivity index is 1.39. The number of hydrogen-bond donors (Lipinski definition) is 0. The summed E-state index contributed by atoms with van der Waals surface area (Å²) in [5.74, 6) is 0.327. The average Bonchev–Trinajstić information content (AvgIpc) is 2.98. The summed E-state index contributed by atoms with van der Waals surface area (Å²) in [7, 11) is 0. The highest BCUT2D eigenvalue weighted by Gasteiger charge is 2.44. The summed E-state index contributed by atoms with van der Waals surface area (Å²) in [6.07, 6.45) is 1.75. The monoisotopic (exact) mass is 407 g/mol. The number of nitrogens with zero attached hydrogens (tertiary/aromatic N) is 5. The first-order valence-corrected chi connectivity index (χ1v) is 10.1. The molecule has 2 aliphatic rings. The van der Waals surface area contributed by atoms with Crippen LogP contribution in [0.5, 0.6) is 0 Å². The van der Waals surface area contributed by atoms with Gasteiger partial charge in [0.2, 0.25) is 5.91 Å². The number of carbonyl (C=O) groups is 3. The number of aromatic nitrogens is 1. The number of imide groups is 1. The lowest BCUT2D eigenvalue weighted by Crippen LogP contribution is -2.52. The molecule has 1 aromatic carbocycles. The number of pyridine rings is 1. The van der Waals surface area contributed by atoms with E-state index < -0.39 is 12.1 Å². The first-order chi connectivity index (χ1) is 14.5. The zero-order valence-corrected chi connectivity index (χ0v) is 17.2. The quantitative estimate of drug-likeness (QED) is 0.724. The van der Waals surface area contributed by atoms with Crippen molar-refractivity contribution >= 4 is 29.4 Å². The number of piperazine rings is 1. The molecule has 1 aromatic heterocycles. The van der Waals surface area contributed by atoms with Crippen molar-refractivity contribution in [1.82, 2.24) is 14.8 Å². The topological polar surface area (TPSA) is 77.1 Å². The molecular formula is C22H25N5O3. The number of hydrogen-bond acceptors (Lipinski definition) is 5. The number of urea groups is 1. The summed E-state index contributed by atoms with van der Waals surface area (Å²) in [5.41, 5.74) is 1.73. The zero-order chi connectivity index (χ0) is 21.3. The van der Waals surface area contributed by atoms with Gasteiger partial charge in [0.05, 0.1) is 0 Å². The molecule has 2 saturated heterocycles. The Kier molecular flexibility index (Phi) is 5.39. The third kappa shape index (κ3) is 3.72. The second kappa shape index (κ2) is 8.14. The zero-order valence-electron chi connectivity index (χ0n) is 17.2. The maximum Gasteiger partial charge on any atom is 0.332 e. The Morgan fingerprint density at radius 3 is 2.37 bits per heavy atom. The van der Waals surface area contributed by atoms with Crippen LogP contribution in [0.3, 0.4) is 0 Å². The molecule has 3 heterocycles. The van der Waals surface area contributed by atoms with E-state index in [9.17, 15) is 14.4 Å². The van der Waals surface area contributed by atoms with Crippen molar-refractivity contribution in [2.75, 3.05) is 42.5 Å². The molecule has 0 radical (unpaired) electrons. The van der Waals surface area contributed by atoms with Gasteiger partial charge in [-0.05, 0) is 38.1 Å². The summed E-state index contributed by atoms with van der Waals surface area (Å²) >= 11 is 0.